The zero-order chi connectivity index (χ0) is 11.1. The van der Waals surface area contributed by atoms with Crippen molar-refractivity contribution in [3.05, 3.63) is 29.8 Å². The fourth-order valence-corrected chi connectivity index (χ4v) is 1.36. The molecule has 78 valence electrons. The van der Waals surface area contributed by atoms with Crippen LogP contribution in [0.2, 0.25) is 0 Å². The summed E-state index contributed by atoms with van der Waals surface area (Å²) in [5, 5.41) is 2.31. The predicted molar refractivity (Wildman–Crippen MR) is 63.3 cm³/mol. The Morgan fingerprint density at radius 1 is 1.40 bits per heavy atom. The minimum atomic E-state index is -0.253. The molecular weight excluding hydrogens is 208 g/mol. The molecule has 0 aliphatic heterocycles. The van der Waals surface area contributed by atoms with Gasteiger partial charge in [-0.1, -0.05) is 12.1 Å². The molecule has 1 aromatic rings. The van der Waals surface area contributed by atoms with E-state index in [9.17, 15) is 4.79 Å². The molecule has 0 unspecified atom stereocenters. The molecule has 0 radical (unpaired) electrons. The molecule has 0 aliphatic carbocycles. The average molecular weight is 220 g/mol. The molecule has 0 heterocycles. The van der Waals surface area contributed by atoms with Gasteiger partial charge in [0.1, 0.15) is 0 Å². The van der Waals surface area contributed by atoms with Crippen molar-refractivity contribution in [1.29, 1.82) is 0 Å². The van der Waals surface area contributed by atoms with Crippen molar-refractivity contribution in [3.8, 4) is 0 Å². The van der Waals surface area contributed by atoms with Gasteiger partial charge < -0.3 is 5.73 Å². The van der Waals surface area contributed by atoms with Crippen LogP contribution in [0.3, 0.4) is 0 Å². The summed E-state index contributed by atoms with van der Waals surface area (Å²) in [5.74, 6) is -0.253. The first-order valence-corrected chi connectivity index (χ1v) is 5.08. The van der Waals surface area contributed by atoms with E-state index in [1.54, 1.807) is 0 Å². The molecular formula is C11H12N2OS. The summed E-state index contributed by atoms with van der Waals surface area (Å²) in [6.07, 6.45) is 2.06. The molecule has 0 saturated heterocycles. The second-order valence-corrected chi connectivity index (χ2v) is 3.37. The maximum Gasteiger partial charge on any atom is 0.217 e. The molecule has 1 aromatic carbocycles. The van der Waals surface area contributed by atoms with Crippen molar-refractivity contribution in [2.24, 2.45) is 10.7 Å². The lowest BCUT2D eigenvalue weighted by atomic mass is 10.1. The van der Waals surface area contributed by atoms with Crippen LogP contribution in [0.4, 0.5) is 5.69 Å². The van der Waals surface area contributed by atoms with Crippen molar-refractivity contribution in [3.63, 3.8) is 0 Å². The molecule has 0 atom stereocenters. The lowest BCUT2D eigenvalue weighted by Gasteiger charge is -1.99. The van der Waals surface area contributed by atoms with Crippen LogP contribution in [0.15, 0.2) is 29.3 Å². The molecule has 0 spiro atoms. The lowest BCUT2D eigenvalue weighted by molar-refractivity contribution is -0.118. The number of amides is 1. The van der Waals surface area contributed by atoms with Crippen LogP contribution in [-0.4, -0.2) is 11.1 Å². The standard InChI is InChI=1S/C11H12N2OS/c12-11(14)3-1-2-9-4-6-10(7-5-9)13-8-15/h4-7H,1-3H2,(H2,12,14). The Labute approximate surface area is 94.0 Å². The molecule has 15 heavy (non-hydrogen) atoms. The van der Waals surface area contributed by atoms with Crippen LogP contribution in [0.25, 0.3) is 0 Å². The number of nitrogens with zero attached hydrogens (tertiary/aromatic N) is 1. The zero-order valence-corrected chi connectivity index (χ0v) is 9.09. The first-order valence-electron chi connectivity index (χ1n) is 4.67. The van der Waals surface area contributed by atoms with Crippen molar-refractivity contribution >= 4 is 29.0 Å². The molecule has 0 aliphatic rings. The van der Waals surface area contributed by atoms with E-state index in [-0.39, 0.29) is 5.91 Å². The minimum Gasteiger partial charge on any atom is -0.370 e. The van der Waals surface area contributed by atoms with Gasteiger partial charge in [0.15, 0.2) is 0 Å². The van der Waals surface area contributed by atoms with E-state index in [1.807, 2.05) is 24.3 Å². The number of thiocarbonyl (C=S) groups is 1. The maximum absolute atomic E-state index is 10.5. The molecule has 0 bridgehead atoms. The number of carbonyl (C=O) groups excluding carboxylic acids is 1. The van der Waals surface area contributed by atoms with Gasteiger partial charge in [0.05, 0.1) is 10.8 Å². The van der Waals surface area contributed by atoms with Gasteiger partial charge in [0.2, 0.25) is 5.91 Å². The van der Waals surface area contributed by atoms with Crippen LogP contribution in [0.1, 0.15) is 18.4 Å². The molecule has 1 rings (SSSR count). The number of nitrogens with two attached hydrogens (primary N) is 1. The van der Waals surface area contributed by atoms with E-state index in [1.165, 1.54) is 5.56 Å². The normalized spacial score (nSPS) is 9.33. The third-order valence-corrected chi connectivity index (χ3v) is 2.09. The topological polar surface area (TPSA) is 55.5 Å². The van der Waals surface area contributed by atoms with E-state index in [4.69, 9.17) is 5.73 Å². The van der Waals surface area contributed by atoms with Gasteiger partial charge in [-0.05, 0) is 42.8 Å². The number of primary amides is 1. The largest absolute Gasteiger partial charge is 0.370 e. The first kappa shape index (κ1) is 11.6. The van der Waals surface area contributed by atoms with Gasteiger partial charge in [-0.3, -0.25) is 4.79 Å². The Morgan fingerprint density at radius 3 is 2.60 bits per heavy atom. The fraction of sp³-hybridized carbons (Fsp3) is 0.273. The number of hydrogen-bond donors (Lipinski definition) is 1. The molecule has 2 N–H and O–H groups in total. The third-order valence-electron chi connectivity index (χ3n) is 2.00. The lowest BCUT2D eigenvalue weighted by Crippen LogP contribution is -2.10. The van der Waals surface area contributed by atoms with Gasteiger partial charge in [0.25, 0.3) is 0 Å². The molecule has 0 fully saturated rings. The Hall–Kier alpha value is -1.51. The number of aryl methyl sites for hydroxylation is 1. The van der Waals surface area contributed by atoms with Crippen LogP contribution in [0.5, 0.6) is 0 Å². The summed E-state index contributed by atoms with van der Waals surface area (Å²) >= 11 is 4.50. The molecule has 1 amide bonds. The summed E-state index contributed by atoms with van der Waals surface area (Å²) in [5.41, 5.74) is 7.01. The van der Waals surface area contributed by atoms with Gasteiger partial charge in [-0.15, -0.1) is 0 Å². The third kappa shape index (κ3) is 4.49. The highest BCUT2D eigenvalue weighted by Crippen LogP contribution is 2.13. The quantitative estimate of drug-likeness (QED) is 0.611. The van der Waals surface area contributed by atoms with E-state index < -0.39 is 0 Å². The molecule has 3 nitrogen and oxygen atoms in total. The summed E-state index contributed by atoms with van der Waals surface area (Å²) in [6.45, 7) is 0. The zero-order valence-electron chi connectivity index (χ0n) is 8.27. The second-order valence-electron chi connectivity index (χ2n) is 3.19. The van der Waals surface area contributed by atoms with Gasteiger partial charge >= 0.3 is 0 Å². The number of carbonyl (C=O) groups is 1. The molecule has 4 heteroatoms. The van der Waals surface area contributed by atoms with Crippen molar-refractivity contribution < 1.29 is 4.79 Å². The van der Waals surface area contributed by atoms with Crippen LogP contribution < -0.4 is 5.73 Å². The minimum absolute atomic E-state index is 0.253. The van der Waals surface area contributed by atoms with E-state index in [2.05, 4.69) is 22.4 Å². The van der Waals surface area contributed by atoms with Crippen molar-refractivity contribution in [1.82, 2.24) is 0 Å². The summed E-state index contributed by atoms with van der Waals surface area (Å²) < 4.78 is 0. The Bertz CT molecular complexity index is 380. The van der Waals surface area contributed by atoms with E-state index in [0.29, 0.717) is 6.42 Å². The number of benzene rings is 1. The van der Waals surface area contributed by atoms with E-state index >= 15 is 0 Å². The van der Waals surface area contributed by atoms with Crippen LogP contribution >= 0.6 is 12.2 Å². The second kappa shape index (κ2) is 6.06. The smallest absolute Gasteiger partial charge is 0.217 e. The summed E-state index contributed by atoms with van der Waals surface area (Å²) in [6, 6.07) is 7.68. The monoisotopic (exact) mass is 220 g/mol. The van der Waals surface area contributed by atoms with Crippen LogP contribution in [-0.2, 0) is 11.2 Å². The molecule has 0 saturated carbocycles. The van der Waals surface area contributed by atoms with Crippen LogP contribution in [0, 0.1) is 0 Å². The highest BCUT2D eigenvalue weighted by molar-refractivity contribution is 7.78. The van der Waals surface area contributed by atoms with Crippen molar-refractivity contribution in [2.75, 3.05) is 0 Å². The maximum atomic E-state index is 10.5. The van der Waals surface area contributed by atoms with E-state index in [0.717, 1.165) is 18.5 Å². The average Bonchev–Trinajstić information content (AvgIpc) is 2.20. The Balaban J connectivity index is 2.49. The summed E-state index contributed by atoms with van der Waals surface area (Å²) in [7, 11) is 0. The molecule has 0 aromatic heterocycles. The SMILES string of the molecule is NC(=O)CCCc1ccc(N=C=S)cc1. The Kier molecular flexibility index (Phi) is 4.68. The number of rotatable bonds is 5. The fourth-order valence-electron chi connectivity index (χ4n) is 1.26. The number of isothiocyanates is 1. The first-order chi connectivity index (χ1) is 7.22. The van der Waals surface area contributed by atoms with Gasteiger partial charge in [-0.2, -0.15) is 4.99 Å². The Morgan fingerprint density at radius 2 is 2.07 bits per heavy atom. The van der Waals surface area contributed by atoms with Gasteiger partial charge in [-0.25, -0.2) is 0 Å². The number of aliphatic imine (C=N–C) groups is 1. The highest BCUT2D eigenvalue weighted by Gasteiger charge is 1.96. The highest BCUT2D eigenvalue weighted by atomic mass is 32.1. The number of hydrogen-bond acceptors (Lipinski definition) is 3. The van der Waals surface area contributed by atoms with Gasteiger partial charge in [0, 0.05) is 6.42 Å². The van der Waals surface area contributed by atoms with Crippen molar-refractivity contribution in [2.45, 2.75) is 19.3 Å². The predicted octanol–water partition coefficient (Wildman–Crippen LogP) is 2.23. The summed E-state index contributed by atoms with van der Waals surface area (Å²) in [4.78, 5) is 14.4.